The van der Waals surface area contributed by atoms with Crippen molar-refractivity contribution >= 4 is 57.2 Å². The number of carbonyl (C=O) groups is 3. The largest absolute Gasteiger partial charge is 0.468 e. The Morgan fingerprint density at radius 3 is 2.93 bits per heavy atom. The Morgan fingerprint density at radius 2 is 2.15 bits per heavy atom. The van der Waals surface area contributed by atoms with Crippen LogP contribution in [0.5, 0.6) is 0 Å². The lowest BCUT2D eigenvalue weighted by atomic mass is 10.3. The molecule has 1 atom stereocenters. The first kappa shape index (κ1) is 19.4. The van der Waals surface area contributed by atoms with Crippen LogP contribution in [0.1, 0.15) is 5.01 Å². The SMILES string of the molecule is COC(=O)[C@@H]1CN(C(=O)COC(=O)/C=C/c2nc3ccccc3s2)CCS1. The van der Waals surface area contributed by atoms with E-state index in [1.54, 1.807) is 6.08 Å². The molecule has 142 valence electrons. The highest BCUT2D eigenvalue weighted by atomic mass is 32.2. The van der Waals surface area contributed by atoms with Gasteiger partial charge in [-0.05, 0) is 18.2 Å². The number of amides is 1. The molecule has 0 unspecified atom stereocenters. The van der Waals surface area contributed by atoms with Gasteiger partial charge in [-0.3, -0.25) is 9.59 Å². The van der Waals surface area contributed by atoms with E-state index in [1.807, 2.05) is 24.3 Å². The fourth-order valence-corrected chi connectivity index (χ4v) is 4.52. The number of para-hydroxylation sites is 1. The van der Waals surface area contributed by atoms with Crippen LogP contribution in [-0.2, 0) is 23.9 Å². The number of benzene rings is 1. The van der Waals surface area contributed by atoms with E-state index in [0.717, 1.165) is 10.2 Å². The van der Waals surface area contributed by atoms with E-state index in [-0.39, 0.29) is 25.0 Å². The van der Waals surface area contributed by atoms with E-state index in [0.29, 0.717) is 17.3 Å². The molecule has 0 aliphatic carbocycles. The fraction of sp³-hybridized carbons (Fsp3) is 0.333. The lowest BCUT2D eigenvalue weighted by molar-refractivity contribution is -0.149. The maximum atomic E-state index is 12.2. The summed E-state index contributed by atoms with van der Waals surface area (Å²) in [6, 6.07) is 7.69. The summed E-state index contributed by atoms with van der Waals surface area (Å²) in [6.45, 7) is 0.410. The summed E-state index contributed by atoms with van der Waals surface area (Å²) in [5.41, 5.74) is 0.869. The highest BCUT2D eigenvalue weighted by molar-refractivity contribution is 8.00. The molecule has 0 saturated carbocycles. The third-order valence-electron chi connectivity index (χ3n) is 3.89. The molecule has 1 aliphatic rings. The van der Waals surface area contributed by atoms with Crippen LogP contribution in [0, 0.1) is 0 Å². The van der Waals surface area contributed by atoms with Crippen LogP contribution in [-0.4, -0.2) is 65.5 Å². The van der Waals surface area contributed by atoms with E-state index in [2.05, 4.69) is 4.98 Å². The highest BCUT2D eigenvalue weighted by Crippen LogP contribution is 2.22. The molecule has 1 aromatic heterocycles. The van der Waals surface area contributed by atoms with Gasteiger partial charge in [0.15, 0.2) is 6.61 Å². The standard InChI is InChI=1S/C18H18N2O5S2/c1-24-18(23)14-10-20(8-9-26-14)16(21)11-25-17(22)7-6-15-19-12-4-2-3-5-13(12)27-15/h2-7,14H,8-11H2,1H3/b7-6+/t14-/m0/s1. The molecule has 3 rings (SSSR count). The molecule has 9 heteroatoms. The van der Waals surface area contributed by atoms with Crippen molar-refractivity contribution < 1.29 is 23.9 Å². The van der Waals surface area contributed by atoms with Crippen molar-refractivity contribution in [2.75, 3.05) is 32.6 Å². The Labute approximate surface area is 164 Å². The molecule has 27 heavy (non-hydrogen) atoms. The van der Waals surface area contributed by atoms with Crippen molar-refractivity contribution in [1.82, 2.24) is 9.88 Å². The van der Waals surface area contributed by atoms with Gasteiger partial charge in [-0.25, -0.2) is 9.78 Å². The topological polar surface area (TPSA) is 85.8 Å². The second-order valence-corrected chi connectivity index (χ2v) is 8.06. The molecule has 0 spiro atoms. The molecule has 1 aromatic carbocycles. The number of nitrogens with zero attached hydrogens (tertiary/aromatic N) is 2. The lowest BCUT2D eigenvalue weighted by Crippen LogP contribution is -2.46. The zero-order chi connectivity index (χ0) is 19.2. The van der Waals surface area contributed by atoms with Crippen molar-refractivity contribution in [1.29, 1.82) is 0 Å². The monoisotopic (exact) mass is 406 g/mol. The van der Waals surface area contributed by atoms with Gasteiger partial charge in [-0.2, -0.15) is 0 Å². The van der Waals surface area contributed by atoms with Gasteiger partial charge in [-0.15, -0.1) is 23.1 Å². The van der Waals surface area contributed by atoms with E-state index in [4.69, 9.17) is 9.47 Å². The number of rotatable bonds is 5. The number of esters is 2. The van der Waals surface area contributed by atoms with Crippen LogP contribution < -0.4 is 0 Å². The van der Waals surface area contributed by atoms with Crippen LogP contribution >= 0.6 is 23.1 Å². The molecule has 1 fully saturated rings. The third-order valence-corrected chi connectivity index (χ3v) is 6.06. The number of hydrogen-bond donors (Lipinski definition) is 0. The molecule has 0 radical (unpaired) electrons. The number of thioether (sulfide) groups is 1. The average Bonchev–Trinajstić information content (AvgIpc) is 3.13. The number of carbonyl (C=O) groups excluding carboxylic acids is 3. The normalized spacial score (nSPS) is 17.2. The number of aromatic nitrogens is 1. The summed E-state index contributed by atoms with van der Waals surface area (Å²) < 4.78 is 10.8. The predicted octanol–water partition coefficient (Wildman–Crippen LogP) is 1.97. The molecule has 0 bridgehead atoms. The maximum absolute atomic E-state index is 12.2. The Kier molecular flexibility index (Phi) is 6.46. The van der Waals surface area contributed by atoms with Crippen LogP contribution in [0.3, 0.4) is 0 Å². The summed E-state index contributed by atoms with van der Waals surface area (Å²) in [5, 5.41) is 0.288. The Hall–Kier alpha value is -2.39. The quantitative estimate of drug-likeness (QED) is 0.554. The maximum Gasteiger partial charge on any atom is 0.331 e. The molecule has 1 amide bonds. The molecule has 1 saturated heterocycles. The van der Waals surface area contributed by atoms with Gasteiger partial charge < -0.3 is 14.4 Å². The molecular weight excluding hydrogens is 388 g/mol. The fourth-order valence-electron chi connectivity index (χ4n) is 2.52. The van der Waals surface area contributed by atoms with Crippen molar-refractivity contribution in [2.45, 2.75) is 5.25 Å². The van der Waals surface area contributed by atoms with Crippen LogP contribution in [0.25, 0.3) is 16.3 Å². The van der Waals surface area contributed by atoms with E-state index in [9.17, 15) is 14.4 Å². The highest BCUT2D eigenvalue weighted by Gasteiger charge is 2.29. The van der Waals surface area contributed by atoms with E-state index in [1.165, 1.54) is 41.2 Å². The van der Waals surface area contributed by atoms with Gasteiger partial charge in [0.2, 0.25) is 0 Å². The van der Waals surface area contributed by atoms with Crippen molar-refractivity contribution in [2.24, 2.45) is 0 Å². The average molecular weight is 406 g/mol. The molecule has 7 nitrogen and oxygen atoms in total. The number of thiazole rings is 1. The minimum atomic E-state index is -0.612. The number of ether oxygens (including phenoxy) is 2. The van der Waals surface area contributed by atoms with Gasteiger partial charge >= 0.3 is 11.9 Å². The van der Waals surface area contributed by atoms with Crippen molar-refractivity contribution in [3.8, 4) is 0 Å². The van der Waals surface area contributed by atoms with E-state index < -0.39 is 11.2 Å². The van der Waals surface area contributed by atoms with Crippen LogP contribution in [0.2, 0.25) is 0 Å². The third kappa shape index (κ3) is 5.08. The van der Waals surface area contributed by atoms with Gasteiger partial charge in [0.1, 0.15) is 10.3 Å². The van der Waals surface area contributed by atoms with Gasteiger partial charge in [-0.1, -0.05) is 12.1 Å². The van der Waals surface area contributed by atoms with Crippen LogP contribution in [0.15, 0.2) is 30.3 Å². The first-order chi connectivity index (χ1) is 13.1. The lowest BCUT2D eigenvalue weighted by Gasteiger charge is -2.30. The molecule has 2 aromatic rings. The number of fused-ring (bicyclic) bond motifs is 1. The first-order valence-electron chi connectivity index (χ1n) is 8.24. The summed E-state index contributed by atoms with van der Waals surface area (Å²) in [7, 11) is 1.32. The smallest absolute Gasteiger partial charge is 0.331 e. The van der Waals surface area contributed by atoms with Gasteiger partial charge in [0.05, 0.1) is 17.3 Å². The molecular formula is C18H18N2O5S2. The van der Waals surface area contributed by atoms with Gasteiger partial charge in [0, 0.05) is 24.9 Å². The Bertz CT molecular complexity index is 847. The molecule has 2 heterocycles. The minimum absolute atomic E-state index is 0.259. The predicted molar refractivity (Wildman–Crippen MR) is 104 cm³/mol. The summed E-state index contributed by atoms with van der Waals surface area (Å²) in [5.74, 6) is -0.658. The zero-order valence-electron chi connectivity index (χ0n) is 14.6. The first-order valence-corrected chi connectivity index (χ1v) is 10.1. The van der Waals surface area contributed by atoms with Crippen molar-refractivity contribution in [3.63, 3.8) is 0 Å². The van der Waals surface area contributed by atoms with Crippen molar-refractivity contribution in [3.05, 3.63) is 35.3 Å². The number of methoxy groups -OCH3 is 1. The van der Waals surface area contributed by atoms with Gasteiger partial charge in [0.25, 0.3) is 5.91 Å². The second kappa shape index (κ2) is 9.01. The Balaban J connectivity index is 1.49. The molecule has 1 aliphatic heterocycles. The van der Waals surface area contributed by atoms with Crippen LogP contribution in [0.4, 0.5) is 0 Å². The summed E-state index contributed by atoms with van der Waals surface area (Å²) in [6.07, 6.45) is 2.83. The summed E-state index contributed by atoms with van der Waals surface area (Å²) >= 11 is 2.92. The number of hydrogen-bond acceptors (Lipinski definition) is 8. The zero-order valence-corrected chi connectivity index (χ0v) is 16.3. The Morgan fingerprint density at radius 1 is 1.33 bits per heavy atom. The second-order valence-electron chi connectivity index (χ2n) is 5.68. The van der Waals surface area contributed by atoms with E-state index >= 15 is 0 Å². The minimum Gasteiger partial charge on any atom is -0.468 e. The molecule has 0 N–H and O–H groups in total. The summed E-state index contributed by atoms with van der Waals surface area (Å²) in [4.78, 5) is 41.6.